The Bertz CT molecular complexity index is 773. The van der Waals surface area contributed by atoms with Crippen LogP contribution in [0.15, 0.2) is 22.7 Å². The molecule has 2 fully saturated rings. The lowest BCUT2D eigenvalue weighted by molar-refractivity contribution is -0.132. The number of carbonyl (C=O) groups excluding carboxylic acids is 2. The smallest absolute Gasteiger partial charge is 0.235 e. The molecule has 1 aromatic heterocycles. The summed E-state index contributed by atoms with van der Waals surface area (Å²) in [5, 5.41) is 7.06. The number of hydrogen-bond donors (Lipinski definition) is 1. The molecule has 4 rings (SSSR count). The highest BCUT2D eigenvalue weighted by Crippen LogP contribution is 2.52. The number of anilines is 1. The van der Waals surface area contributed by atoms with E-state index in [9.17, 15) is 9.59 Å². The predicted molar refractivity (Wildman–Crippen MR) is 99.1 cm³/mol. The van der Waals surface area contributed by atoms with E-state index in [1.54, 1.807) is 17.9 Å². The van der Waals surface area contributed by atoms with Crippen molar-refractivity contribution in [3.05, 3.63) is 24.0 Å². The fourth-order valence-corrected chi connectivity index (χ4v) is 4.58. The summed E-state index contributed by atoms with van der Waals surface area (Å²) < 4.78 is 11.2. The van der Waals surface area contributed by atoms with Gasteiger partial charge in [-0.05, 0) is 20.3 Å². The Labute approximate surface area is 159 Å². The molecule has 2 bridgehead atoms. The number of carbonyl (C=O) groups is 2. The molecule has 4 heterocycles. The third kappa shape index (κ3) is 2.98. The molecule has 146 valence electrons. The molecular weight excluding hydrogens is 346 g/mol. The van der Waals surface area contributed by atoms with Gasteiger partial charge < -0.3 is 14.6 Å². The van der Waals surface area contributed by atoms with Gasteiger partial charge in [0.05, 0.1) is 24.5 Å². The van der Waals surface area contributed by atoms with Crippen LogP contribution in [0.1, 0.15) is 45.3 Å². The topological polar surface area (TPSA) is 84.7 Å². The number of nitrogens with one attached hydrogen (secondary N) is 1. The maximum atomic E-state index is 13.1. The summed E-state index contributed by atoms with van der Waals surface area (Å²) in [4.78, 5) is 27.7. The molecule has 0 aromatic carbocycles. The molecule has 0 aliphatic carbocycles. The average molecular weight is 373 g/mol. The fraction of sp³-hybridized carbons (Fsp3) is 0.650. The Morgan fingerprint density at radius 3 is 3.00 bits per heavy atom. The van der Waals surface area contributed by atoms with Crippen LogP contribution < -0.4 is 10.2 Å². The largest absolute Gasteiger partial charge is 0.360 e. The van der Waals surface area contributed by atoms with Gasteiger partial charge in [0.15, 0.2) is 5.82 Å². The fourth-order valence-electron chi connectivity index (χ4n) is 4.58. The second-order valence-electron chi connectivity index (χ2n) is 8.03. The standard InChI is InChI=1S/C20H27N3O4/c1-4-5-6-7-12(2)21-18(24)16-14-8-9-20(26-14)11-23(19(25)17(16)20)15-10-13(3)27-22-15/h8-10,12,14,16-17H,4-7,11H2,1-3H3,(H,21,24)/t12-,14+,16+,17-,20+/m0/s1. The number of ether oxygens (including phenoxy) is 1. The van der Waals surface area contributed by atoms with Gasteiger partial charge in [0, 0.05) is 12.1 Å². The van der Waals surface area contributed by atoms with Gasteiger partial charge in [-0.25, -0.2) is 0 Å². The number of aryl methyl sites for hydroxylation is 1. The SMILES string of the molecule is CCCCC[C@H](C)NC(=O)[C@H]1[C@H]2C(=O)N(c3cc(C)on3)C[C@]23C=C[C@H]1O3. The van der Waals surface area contributed by atoms with Crippen molar-refractivity contribution in [2.75, 3.05) is 11.4 Å². The Kier molecular flexibility index (Phi) is 4.58. The summed E-state index contributed by atoms with van der Waals surface area (Å²) in [6.07, 6.45) is 7.89. The minimum Gasteiger partial charge on any atom is -0.360 e. The van der Waals surface area contributed by atoms with Crippen molar-refractivity contribution >= 4 is 17.6 Å². The first-order valence-corrected chi connectivity index (χ1v) is 9.87. The normalized spacial score (nSPS) is 32.2. The number of amides is 2. The van der Waals surface area contributed by atoms with E-state index < -0.39 is 17.4 Å². The van der Waals surface area contributed by atoms with Crippen molar-refractivity contribution < 1.29 is 18.8 Å². The van der Waals surface area contributed by atoms with E-state index in [1.807, 2.05) is 19.1 Å². The predicted octanol–water partition coefficient (Wildman–Crippen LogP) is 2.35. The van der Waals surface area contributed by atoms with Gasteiger partial charge in [0.25, 0.3) is 0 Å². The minimum absolute atomic E-state index is 0.0910. The Balaban J connectivity index is 1.50. The van der Waals surface area contributed by atoms with E-state index >= 15 is 0 Å². The molecule has 3 aliphatic heterocycles. The molecule has 1 N–H and O–H groups in total. The maximum Gasteiger partial charge on any atom is 0.235 e. The molecule has 5 atom stereocenters. The average Bonchev–Trinajstić information content (AvgIpc) is 3.36. The van der Waals surface area contributed by atoms with Crippen LogP contribution in [0.2, 0.25) is 0 Å². The number of rotatable bonds is 7. The third-order valence-corrected chi connectivity index (χ3v) is 5.92. The maximum absolute atomic E-state index is 13.1. The van der Waals surface area contributed by atoms with E-state index in [-0.39, 0.29) is 24.0 Å². The summed E-state index contributed by atoms with van der Waals surface area (Å²) in [7, 11) is 0. The van der Waals surface area contributed by atoms with Crippen LogP contribution in [0.4, 0.5) is 5.82 Å². The number of aromatic nitrogens is 1. The van der Waals surface area contributed by atoms with Gasteiger partial charge in [0.1, 0.15) is 11.4 Å². The molecule has 0 radical (unpaired) electrons. The summed E-state index contributed by atoms with van der Waals surface area (Å²) in [5.41, 5.74) is -0.734. The zero-order chi connectivity index (χ0) is 19.2. The van der Waals surface area contributed by atoms with E-state index in [4.69, 9.17) is 9.26 Å². The summed E-state index contributed by atoms with van der Waals surface area (Å²) >= 11 is 0. The molecule has 7 nitrogen and oxygen atoms in total. The quantitative estimate of drug-likeness (QED) is 0.586. The lowest BCUT2D eigenvalue weighted by Crippen LogP contribution is -2.46. The summed E-state index contributed by atoms with van der Waals surface area (Å²) in [5.74, 6) is -0.0840. The van der Waals surface area contributed by atoms with Crippen molar-refractivity contribution in [3.8, 4) is 0 Å². The van der Waals surface area contributed by atoms with E-state index in [1.165, 1.54) is 0 Å². The van der Waals surface area contributed by atoms with Crippen LogP contribution in [0.3, 0.4) is 0 Å². The summed E-state index contributed by atoms with van der Waals surface area (Å²) in [6, 6.07) is 1.82. The van der Waals surface area contributed by atoms with Crippen molar-refractivity contribution in [3.63, 3.8) is 0 Å². The minimum atomic E-state index is -0.734. The lowest BCUT2D eigenvalue weighted by atomic mass is 9.76. The van der Waals surface area contributed by atoms with Crippen LogP contribution in [0.5, 0.6) is 0 Å². The van der Waals surface area contributed by atoms with Gasteiger partial charge in [0.2, 0.25) is 11.8 Å². The van der Waals surface area contributed by atoms with Gasteiger partial charge in [-0.2, -0.15) is 0 Å². The van der Waals surface area contributed by atoms with E-state index in [2.05, 4.69) is 17.4 Å². The Morgan fingerprint density at radius 2 is 2.30 bits per heavy atom. The highest BCUT2D eigenvalue weighted by atomic mass is 16.5. The van der Waals surface area contributed by atoms with E-state index in [0.29, 0.717) is 18.1 Å². The zero-order valence-corrected chi connectivity index (χ0v) is 16.1. The van der Waals surface area contributed by atoms with Crippen LogP contribution in [0.25, 0.3) is 0 Å². The molecule has 1 aromatic rings. The van der Waals surface area contributed by atoms with Gasteiger partial charge in [-0.15, -0.1) is 0 Å². The first kappa shape index (κ1) is 18.2. The molecule has 3 aliphatic rings. The molecule has 7 heteroatoms. The van der Waals surface area contributed by atoms with Crippen LogP contribution >= 0.6 is 0 Å². The van der Waals surface area contributed by atoms with Crippen molar-refractivity contribution in [2.45, 2.75) is 64.2 Å². The van der Waals surface area contributed by atoms with Crippen LogP contribution in [0, 0.1) is 18.8 Å². The third-order valence-electron chi connectivity index (χ3n) is 5.92. The number of fused-ring (bicyclic) bond motifs is 1. The second-order valence-corrected chi connectivity index (χ2v) is 8.03. The molecule has 0 saturated carbocycles. The van der Waals surface area contributed by atoms with Crippen molar-refractivity contribution in [1.29, 1.82) is 0 Å². The number of unbranched alkanes of at least 4 members (excludes halogenated alkanes) is 2. The Hall–Kier alpha value is -2.15. The van der Waals surface area contributed by atoms with Crippen LogP contribution in [-0.4, -0.2) is 41.3 Å². The molecule has 27 heavy (non-hydrogen) atoms. The van der Waals surface area contributed by atoms with Crippen molar-refractivity contribution in [1.82, 2.24) is 10.5 Å². The molecule has 2 saturated heterocycles. The zero-order valence-electron chi connectivity index (χ0n) is 16.1. The first-order chi connectivity index (χ1) is 12.9. The van der Waals surface area contributed by atoms with E-state index in [0.717, 1.165) is 25.7 Å². The summed E-state index contributed by atoms with van der Waals surface area (Å²) in [6.45, 7) is 6.34. The monoisotopic (exact) mass is 373 g/mol. The molecule has 0 unspecified atom stereocenters. The highest BCUT2D eigenvalue weighted by Gasteiger charge is 2.67. The lowest BCUT2D eigenvalue weighted by Gasteiger charge is -2.25. The van der Waals surface area contributed by atoms with Gasteiger partial charge in [-0.3, -0.25) is 14.5 Å². The van der Waals surface area contributed by atoms with Gasteiger partial charge in [-0.1, -0.05) is 43.5 Å². The highest BCUT2D eigenvalue weighted by molar-refractivity contribution is 6.02. The molecular formula is C20H27N3O4. The van der Waals surface area contributed by atoms with Crippen molar-refractivity contribution in [2.24, 2.45) is 11.8 Å². The van der Waals surface area contributed by atoms with Crippen LogP contribution in [-0.2, 0) is 14.3 Å². The Morgan fingerprint density at radius 1 is 1.48 bits per heavy atom. The number of nitrogens with zero attached hydrogens (tertiary/aromatic N) is 2. The van der Waals surface area contributed by atoms with Gasteiger partial charge >= 0.3 is 0 Å². The number of hydrogen-bond acceptors (Lipinski definition) is 5. The second kappa shape index (κ2) is 6.78. The molecule has 1 spiro atoms. The molecule has 2 amide bonds. The first-order valence-electron chi connectivity index (χ1n) is 9.87.